The van der Waals surface area contributed by atoms with Gasteiger partial charge in [-0.15, -0.1) is 0 Å². The van der Waals surface area contributed by atoms with Crippen LogP contribution in [-0.2, 0) is 16.2 Å². The second-order valence-electron chi connectivity index (χ2n) is 7.36. The van der Waals surface area contributed by atoms with E-state index >= 15 is 0 Å². The summed E-state index contributed by atoms with van der Waals surface area (Å²) in [7, 11) is 0. The lowest BCUT2D eigenvalue weighted by molar-refractivity contribution is -0.140. The minimum absolute atomic E-state index is 0.0236. The first-order valence-corrected chi connectivity index (χ1v) is 9.95. The largest absolute Gasteiger partial charge is 0.338 e. The summed E-state index contributed by atoms with van der Waals surface area (Å²) >= 11 is 0. The molecule has 0 aliphatic carbocycles. The van der Waals surface area contributed by atoms with Crippen LogP contribution in [0.25, 0.3) is 10.8 Å². The zero-order chi connectivity index (χ0) is 20.1. The van der Waals surface area contributed by atoms with Gasteiger partial charge >= 0.3 is 0 Å². The van der Waals surface area contributed by atoms with Crippen LogP contribution in [0.4, 0.5) is 0 Å². The van der Waals surface area contributed by atoms with Crippen LogP contribution in [0.3, 0.4) is 0 Å². The molecule has 0 radical (unpaired) electrons. The summed E-state index contributed by atoms with van der Waals surface area (Å²) in [6.45, 7) is 1.39. The van der Waals surface area contributed by atoms with Crippen molar-refractivity contribution in [1.82, 2.24) is 10.4 Å². The van der Waals surface area contributed by atoms with Crippen LogP contribution in [0.15, 0.2) is 72.8 Å². The van der Waals surface area contributed by atoms with E-state index in [2.05, 4.69) is 5.48 Å². The van der Waals surface area contributed by atoms with Gasteiger partial charge in [0.15, 0.2) is 0 Å². The van der Waals surface area contributed by atoms with Gasteiger partial charge in [-0.3, -0.25) is 14.4 Å². The standard InChI is InChI=1S/C24H24N2O3/c27-23(25-29-17-18-8-2-1-3-9-18)20-12-7-15-26(16-20)24(28)22-14-6-11-19-10-4-5-13-21(19)22/h1-6,8-11,13-14,20H,7,12,15-17H2,(H,25,27)/t20-/m0/s1. The molecule has 148 valence electrons. The third-order valence-corrected chi connectivity index (χ3v) is 5.35. The molecule has 0 bridgehead atoms. The third-order valence-electron chi connectivity index (χ3n) is 5.35. The van der Waals surface area contributed by atoms with Crippen LogP contribution in [0.2, 0.25) is 0 Å². The van der Waals surface area contributed by atoms with Crippen molar-refractivity contribution in [3.8, 4) is 0 Å². The second-order valence-corrected chi connectivity index (χ2v) is 7.36. The number of nitrogens with one attached hydrogen (secondary N) is 1. The zero-order valence-corrected chi connectivity index (χ0v) is 16.2. The number of likely N-dealkylation sites (tertiary alicyclic amines) is 1. The Morgan fingerprint density at radius 2 is 1.72 bits per heavy atom. The first kappa shape index (κ1) is 19.2. The normalized spacial score (nSPS) is 16.6. The van der Waals surface area contributed by atoms with Gasteiger partial charge in [0, 0.05) is 18.7 Å². The van der Waals surface area contributed by atoms with Crippen molar-refractivity contribution in [1.29, 1.82) is 0 Å². The molecule has 5 nitrogen and oxygen atoms in total. The zero-order valence-electron chi connectivity index (χ0n) is 16.2. The molecule has 0 unspecified atom stereocenters. The Labute approximate surface area is 170 Å². The van der Waals surface area contributed by atoms with Crippen molar-refractivity contribution in [3.63, 3.8) is 0 Å². The van der Waals surface area contributed by atoms with Crippen molar-refractivity contribution in [2.45, 2.75) is 19.4 Å². The summed E-state index contributed by atoms with van der Waals surface area (Å²) in [6.07, 6.45) is 1.55. The van der Waals surface area contributed by atoms with Gasteiger partial charge in [0.1, 0.15) is 0 Å². The molecule has 3 aromatic carbocycles. The number of benzene rings is 3. The number of hydrogen-bond donors (Lipinski definition) is 1. The molecule has 1 heterocycles. The summed E-state index contributed by atoms with van der Waals surface area (Å²) in [5.74, 6) is -0.459. The first-order chi connectivity index (χ1) is 14.2. The van der Waals surface area contributed by atoms with E-state index in [1.807, 2.05) is 72.8 Å². The van der Waals surface area contributed by atoms with Crippen LogP contribution in [0.5, 0.6) is 0 Å². The number of amides is 2. The van der Waals surface area contributed by atoms with Gasteiger partial charge in [0.25, 0.3) is 5.91 Å². The van der Waals surface area contributed by atoms with Crippen molar-refractivity contribution < 1.29 is 14.4 Å². The Morgan fingerprint density at radius 3 is 2.59 bits per heavy atom. The van der Waals surface area contributed by atoms with Crippen LogP contribution < -0.4 is 5.48 Å². The van der Waals surface area contributed by atoms with E-state index in [1.165, 1.54) is 0 Å². The SMILES string of the molecule is O=C(NOCc1ccccc1)[C@H]1CCCN(C(=O)c2cccc3ccccc23)C1. The molecular formula is C24H24N2O3. The lowest BCUT2D eigenvalue weighted by Gasteiger charge is -2.32. The van der Waals surface area contributed by atoms with Gasteiger partial charge in [0.2, 0.25) is 5.91 Å². The summed E-state index contributed by atoms with van der Waals surface area (Å²) < 4.78 is 0. The van der Waals surface area contributed by atoms with Crippen LogP contribution in [0.1, 0.15) is 28.8 Å². The number of rotatable bonds is 5. The Bertz CT molecular complexity index is 998. The van der Waals surface area contributed by atoms with Crippen molar-refractivity contribution >= 4 is 22.6 Å². The monoisotopic (exact) mass is 388 g/mol. The Kier molecular flexibility index (Phi) is 5.86. The molecule has 2 amide bonds. The fraction of sp³-hybridized carbons (Fsp3) is 0.250. The van der Waals surface area contributed by atoms with Crippen molar-refractivity contribution in [2.24, 2.45) is 5.92 Å². The molecular weight excluding hydrogens is 364 g/mol. The number of hydroxylamine groups is 1. The van der Waals surface area contributed by atoms with E-state index in [1.54, 1.807) is 4.90 Å². The molecule has 1 fully saturated rings. The van der Waals surface area contributed by atoms with Gasteiger partial charge in [-0.25, -0.2) is 5.48 Å². The highest BCUT2D eigenvalue weighted by molar-refractivity contribution is 6.07. The maximum absolute atomic E-state index is 13.1. The number of carbonyl (C=O) groups excluding carboxylic acids is 2. The topological polar surface area (TPSA) is 58.6 Å². The molecule has 1 atom stereocenters. The molecule has 0 saturated carbocycles. The van der Waals surface area contributed by atoms with Crippen molar-refractivity contribution in [3.05, 3.63) is 83.9 Å². The predicted molar refractivity (Wildman–Crippen MR) is 112 cm³/mol. The fourth-order valence-electron chi connectivity index (χ4n) is 3.81. The van der Waals surface area contributed by atoms with Gasteiger partial charge in [-0.2, -0.15) is 0 Å². The van der Waals surface area contributed by atoms with E-state index in [-0.39, 0.29) is 17.7 Å². The average Bonchev–Trinajstić information content (AvgIpc) is 2.79. The number of hydrogen-bond acceptors (Lipinski definition) is 3. The molecule has 4 rings (SSSR count). The van der Waals surface area contributed by atoms with Crippen molar-refractivity contribution in [2.75, 3.05) is 13.1 Å². The summed E-state index contributed by atoms with van der Waals surface area (Å²) in [5, 5.41) is 1.98. The molecule has 29 heavy (non-hydrogen) atoms. The van der Waals surface area contributed by atoms with Gasteiger partial charge < -0.3 is 4.90 Å². The summed E-state index contributed by atoms with van der Waals surface area (Å²) in [4.78, 5) is 32.8. The smallest absolute Gasteiger partial charge is 0.254 e. The highest BCUT2D eigenvalue weighted by Gasteiger charge is 2.29. The predicted octanol–water partition coefficient (Wildman–Crippen LogP) is 3.94. The molecule has 5 heteroatoms. The number of nitrogens with zero attached hydrogens (tertiary/aromatic N) is 1. The third kappa shape index (κ3) is 4.46. The minimum Gasteiger partial charge on any atom is -0.338 e. The Morgan fingerprint density at radius 1 is 0.966 bits per heavy atom. The Balaban J connectivity index is 1.38. The van der Waals surface area contributed by atoms with E-state index < -0.39 is 0 Å². The maximum Gasteiger partial charge on any atom is 0.254 e. The van der Waals surface area contributed by atoms with Gasteiger partial charge in [-0.05, 0) is 35.2 Å². The van der Waals surface area contributed by atoms with E-state index in [9.17, 15) is 9.59 Å². The molecule has 1 saturated heterocycles. The summed E-state index contributed by atoms with van der Waals surface area (Å²) in [5.41, 5.74) is 4.23. The lowest BCUT2D eigenvalue weighted by atomic mass is 9.96. The average molecular weight is 388 g/mol. The van der Waals surface area contributed by atoms with Crippen LogP contribution in [-0.4, -0.2) is 29.8 Å². The molecule has 1 N–H and O–H groups in total. The minimum atomic E-state index is -0.265. The first-order valence-electron chi connectivity index (χ1n) is 9.95. The molecule has 1 aliphatic heterocycles. The number of carbonyl (C=O) groups is 2. The van der Waals surface area contributed by atoms with E-state index in [4.69, 9.17) is 4.84 Å². The second kappa shape index (κ2) is 8.88. The summed E-state index contributed by atoms with van der Waals surface area (Å²) in [6, 6.07) is 23.3. The number of fused-ring (bicyclic) bond motifs is 1. The quantitative estimate of drug-likeness (QED) is 0.674. The van der Waals surface area contributed by atoms with Gasteiger partial charge in [0.05, 0.1) is 12.5 Å². The highest BCUT2D eigenvalue weighted by atomic mass is 16.6. The number of piperidine rings is 1. The molecule has 3 aromatic rings. The lowest BCUT2D eigenvalue weighted by Crippen LogP contribution is -2.45. The van der Waals surface area contributed by atoms with Crippen LogP contribution >= 0.6 is 0 Å². The fourth-order valence-corrected chi connectivity index (χ4v) is 3.81. The molecule has 0 aromatic heterocycles. The van der Waals surface area contributed by atoms with E-state index in [0.29, 0.717) is 25.3 Å². The highest BCUT2D eigenvalue weighted by Crippen LogP contribution is 2.23. The molecule has 1 aliphatic rings. The van der Waals surface area contributed by atoms with E-state index in [0.717, 1.165) is 29.2 Å². The van der Waals surface area contributed by atoms with Crippen LogP contribution in [0, 0.1) is 5.92 Å². The molecule has 0 spiro atoms. The Hall–Kier alpha value is -3.18. The maximum atomic E-state index is 13.1. The van der Waals surface area contributed by atoms with Gasteiger partial charge in [-0.1, -0.05) is 66.7 Å².